The second kappa shape index (κ2) is 7.11. The summed E-state index contributed by atoms with van der Waals surface area (Å²) in [5.74, 6) is 0.897. The maximum atomic E-state index is 12.0. The van der Waals surface area contributed by atoms with E-state index < -0.39 is 0 Å². The van der Waals surface area contributed by atoms with Gasteiger partial charge in [0.2, 0.25) is 5.91 Å². The summed E-state index contributed by atoms with van der Waals surface area (Å²) in [5.41, 5.74) is 0.813. The number of nitrogens with one attached hydrogen (secondary N) is 1. The van der Waals surface area contributed by atoms with E-state index in [1.54, 1.807) is 0 Å². The lowest BCUT2D eigenvalue weighted by molar-refractivity contribution is -0.119. The average molecular weight is 304 g/mol. The number of carbonyl (C=O) groups is 1. The number of benzene rings is 1. The zero-order valence-electron chi connectivity index (χ0n) is 13.1. The smallest absolute Gasteiger partial charge is 0.229 e. The Labute approximate surface area is 131 Å². The van der Waals surface area contributed by atoms with Crippen LogP contribution in [0.2, 0.25) is 0 Å². The molecule has 1 amide bonds. The molecule has 2 aliphatic rings. The molecule has 2 fully saturated rings. The van der Waals surface area contributed by atoms with Gasteiger partial charge in [-0.15, -0.1) is 0 Å². The van der Waals surface area contributed by atoms with Crippen molar-refractivity contribution in [2.75, 3.05) is 38.7 Å². The van der Waals surface area contributed by atoms with Crippen LogP contribution < -0.4 is 10.1 Å². The first-order chi connectivity index (χ1) is 10.7. The molecule has 2 saturated heterocycles. The minimum absolute atomic E-state index is 0.0184. The van der Waals surface area contributed by atoms with Crippen LogP contribution >= 0.6 is 0 Å². The van der Waals surface area contributed by atoms with Crippen molar-refractivity contribution in [3.63, 3.8) is 0 Å². The molecule has 5 heteroatoms. The highest BCUT2D eigenvalue weighted by Crippen LogP contribution is 2.22. The van der Waals surface area contributed by atoms with Gasteiger partial charge in [0.25, 0.3) is 0 Å². The second-order valence-corrected chi connectivity index (χ2v) is 6.19. The number of rotatable bonds is 4. The van der Waals surface area contributed by atoms with Gasteiger partial charge in [0.1, 0.15) is 11.9 Å². The Kier molecular flexibility index (Phi) is 4.95. The van der Waals surface area contributed by atoms with Crippen LogP contribution in [0.15, 0.2) is 24.3 Å². The van der Waals surface area contributed by atoms with Crippen LogP contribution in [0.1, 0.15) is 19.3 Å². The standard InChI is InChI=1S/C17H24N2O3/c1-19-9-6-16(7-10-19)22-15-4-2-14(3-5-15)18-17(20)13-8-11-21-12-13/h2-5,13,16H,6-12H2,1H3,(H,18,20). The summed E-state index contributed by atoms with van der Waals surface area (Å²) in [7, 11) is 2.14. The van der Waals surface area contributed by atoms with Crippen molar-refractivity contribution in [3.8, 4) is 5.75 Å². The topological polar surface area (TPSA) is 50.8 Å². The first-order valence-electron chi connectivity index (χ1n) is 8.04. The van der Waals surface area contributed by atoms with Crippen LogP contribution in [0.3, 0.4) is 0 Å². The number of ether oxygens (including phenoxy) is 2. The Morgan fingerprint density at radius 2 is 1.95 bits per heavy atom. The highest BCUT2D eigenvalue weighted by Gasteiger charge is 2.23. The van der Waals surface area contributed by atoms with Crippen LogP contribution in [0.5, 0.6) is 5.75 Å². The van der Waals surface area contributed by atoms with Crippen LogP contribution in [-0.4, -0.2) is 50.3 Å². The molecule has 1 aromatic rings. The van der Waals surface area contributed by atoms with Crippen LogP contribution in [0, 0.1) is 5.92 Å². The van der Waals surface area contributed by atoms with E-state index in [9.17, 15) is 4.79 Å². The van der Waals surface area contributed by atoms with Crippen molar-refractivity contribution in [2.45, 2.75) is 25.4 Å². The van der Waals surface area contributed by atoms with E-state index in [1.165, 1.54) is 0 Å². The van der Waals surface area contributed by atoms with Crippen LogP contribution in [0.4, 0.5) is 5.69 Å². The third-order valence-corrected chi connectivity index (χ3v) is 4.39. The first kappa shape index (κ1) is 15.3. The number of hydrogen-bond acceptors (Lipinski definition) is 4. The molecule has 3 rings (SSSR count). The Bertz CT molecular complexity index is 489. The molecule has 1 unspecified atom stereocenters. The number of anilines is 1. The SMILES string of the molecule is CN1CCC(Oc2ccc(NC(=O)C3CCOC3)cc2)CC1. The molecule has 5 nitrogen and oxygen atoms in total. The Morgan fingerprint density at radius 3 is 2.59 bits per heavy atom. The fraction of sp³-hybridized carbons (Fsp3) is 0.588. The van der Waals surface area contributed by atoms with Gasteiger partial charge in [0.05, 0.1) is 12.5 Å². The molecule has 120 valence electrons. The maximum Gasteiger partial charge on any atom is 0.229 e. The van der Waals surface area contributed by atoms with E-state index in [4.69, 9.17) is 9.47 Å². The monoisotopic (exact) mass is 304 g/mol. The molecule has 0 spiro atoms. The van der Waals surface area contributed by atoms with Gasteiger partial charge < -0.3 is 19.7 Å². The molecule has 0 saturated carbocycles. The summed E-state index contributed by atoms with van der Waals surface area (Å²) in [6.45, 7) is 3.38. The molecular weight excluding hydrogens is 280 g/mol. The molecule has 0 radical (unpaired) electrons. The van der Waals surface area contributed by atoms with Gasteiger partial charge in [-0.05, 0) is 50.6 Å². The summed E-state index contributed by atoms with van der Waals surface area (Å²) in [6, 6.07) is 7.66. The molecular formula is C17H24N2O3. The van der Waals surface area contributed by atoms with Gasteiger partial charge in [0.15, 0.2) is 0 Å². The van der Waals surface area contributed by atoms with E-state index in [2.05, 4.69) is 17.3 Å². The number of piperidine rings is 1. The van der Waals surface area contributed by atoms with Crippen LogP contribution in [-0.2, 0) is 9.53 Å². The Morgan fingerprint density at radius 1 is 1.23 bits per heavy atom. The van der Waals surface area contributed by atoms with Gasteiger partial charge in [-0.1, -0.05) is 0 Å². The van der Waals surface area contributed by atoms with E-state index in [0.717, 1.165) is 43.8 Å². The molecule has 0 aromatic heterocycles. The van der Waals surface area contributed by atoms with Gasteiger partial charge >= 0.3 is 0 Å². The molecule has 1 aromatic carbocycles. The van der Waals surface area contributed by atoms with Crippen molar-refractivity contribution < 1.29 is 14.3 Å². The number of amides is 1. The van der Waals surface area contributed by atoms with Crippen molar-refractivity contribution >= 4 is 11.6 Å². The summed E-state index contributed by atoms with van der Waals surface area (Å²) >= 11 is 0. The first-order valence-corrected chi connectivity index (χ1v) is 8.04. The molecule has 2 heterocycles. The fourth-order valence-electron chi connectivity index (χ4n) is 2.90. The molecule has 0 aliphatic carbocycles. The lowest BCUT2D eigenvalue weighted by atomic mass is 10.1. The minimum Gasteiger partial charge on any atom is -0.490 e. The van der Waals surface area contributed by atoms with Gasteiger partial charge in [0, 0.05) is 25.4 Å². The number of likely N-dealkylation sites (tertiary alicyclic amines) is 1. The number of nitrogens with zero attached hydrogens (tertiary/aromatic N) is 1. The Balaban J connectivity index is 1.50. The van der Waals surface area contributed by atoms with Crippen molar-refractivity contribution in [2.24, 2.45) is 5.92 Å². The normalized spacial score (nSPS) is 23.4. The molecule has 22 heavy (non-hydrogen) atoms. The molecule has 2 aliphatic heterocycles. The van der Waals surface area contributed by atoms with Crippen LogP contribution in [0.25, 0.3) is 0 Å². The predicted molar refractivity (Wildman–Crippen MR) is 85.1 cm³/mol. The van der Waals surface area contributed by atoms with Gasteiger partial charge in [-0.2, -0.15) is 0 Å². The molecule has 1 N–H and O–H groups in total. The van der Waals surface area contributed by atoms with E-state index >= 15 is 0 Å². The van der Waals surface area contributed by atoms with E-state index in [1.807, 2.05) is 24.3 Å². The Hall–Kier alpha value is -1.59. The molecule has 0 bridgehead atoms. The van der Waals surface area contributed by atoms with Crippen molar-refractivity contribution in [1.29, 1.82) is 0 Å². The summed E-state index contributed by atoms with van der Waals surface area (Å²) < 4.78 is 11.2. The summed E-state index contributed by atoms with van der Waals surface area (Å²) in [5, 5.41) is 2.94. The largest absolute Gasteiger partial charge is 0.490 e. The number of hydrogen-bond donors (Lipinski definition) is 1. The van der Waals surface area contributed by atoms with Crippen molar-refractivity contribution in [3.05, 3.63) is 24.3 Å². The summed E-state index contributed by atoms with van der Waals surface area (Å²) in [6.07, 6.45) is 3.24. The highest BCUT2D eigenvalue weighted by atomic mass is 16.5. The van der Waals surface area contributed by atoms with Gasteiger partial charge in [-0.25, -0.2) is 0 Å². The van der Waals surface area contributed by atoms with E-state index in [0.29, 0.717) is 19.3 Å². The predicted octanol–water partition coefficient (Wildman–Crippen LogP) is 2.13. The zero-order chi connectivity index (χ0) is 15.4. The van der Waals surface area contributed by atoms with E-state index in [-0.39, 0.29) is 11.8 Å². The second-order valence-electron chi connectivity index (χ2n) is 6.19. The minimum atomic E-state index is -0.0184. The highest BCUT2D eigenvalue weighted by molar-refractivity contribution is 5.92. The lowest BCUT2D eigenvalue weighted by Gasteiger charge is -2.29. The summed E-state index contributed by atoms with van der Waals surface area (Å²) in [4.78, 5) is 14.3. The zero-order valence-corrected chi connectivity index (χ0v) is 13.1. The third kappa shape index (κ3) is 3.99. The third-order valence-electron chi connectivity index (χ3n) is 4.39. The van der Waals surface area contributed by atoms with Crippen molar-refractivity contribution in [1.82, 2.24) is 4.90 Å². The van der Waals surface area contributed by atoms with Gasteiger partial charge in [-0.3, -0.25) is 4.79 Å². The average Bonchev–Trinajstić information content (AvgIpc) is 3.06. The quantitative estimate of drug-likeness (QED) is 0.926. The number of carbonyl (C=O) groups excluding carboxylic acids is 1. The maximum absolute atomic E-state index is 12.0. The fourth-order valence-corrected chi connectivity index (χ4v) is 2.90. The molecule has 1 atom stereocenters. The lowest BCUT2D eigenvalue weighted by Crippen LogP contribution is -2.35.